The Kier molecular flexibility index (Phi) is 3.59. The van der Waals surface area contributed by atoms with Gasteiger partial charge in [-0.3, -0.25) is 0 Å². The molecule has 0 saturated carbocycles. The second-order valence-electron chi connectivity index (χ2n) is 6.25. The van der Waals surface area contributed by atoms with Crippen LogP contribution in [0, 0.1) is 0 Å². The third-order valence-corrected chi connectivity index (χ3v) is 4.73. The molecule has 0 aromatic heterocycles. The zero-order chi connectivity index (χ0) is 14.8. The summed E-state index contributed by atoms with van der Waals surface area (Å²) in [6, 6.07) is 13.2. The van der Waals surface area contributed by atoms with Gasteiger partial charge in [0.1, 0.15) is 0 Å². The number of fused-ring (bicyclic) bond motifs is 2. The summed E-state index contributed by atoms with van der Waals surface area (Å²) in [7, 11) is 0. The highest BCUT2D eigenvalue weighted by atomic mass is 15.2. The van der Waals surface area contributed by atoms with Crippen LogP contribution in [0.5, 0.6) is 0 Å². The Morgan fingerprint density at radius 2 is 1.05 bits per heavy atom. The van der Waals surface area contributed by atoms with Gasteiger partial charge in [0.25, 0.3) is 0 Å². The first kappa shape index (κ1) is 13.4. The maximum absolute atomic E-state index is 4.20. The topological polar surface area (TPSA) is 24.7 Å². The Labute approximate surface area is 131 Å². The molecular weight excluding hydrogens is 268 g/mol. The van der Waals surface area contributed by atoms with Crippen LogP contribution in [0.4, 0.5) is 0 Å². The van der Waals surface area contributed by atoms with Crippen molar-refractivity contribution in [2.75, 3.05) is 0 Å². The molecule has 110 valence electrons. The molecule has 0 N–H and O–H groups in total. The van der Waals surface area contributed by atoms with Crippen LogP contribution < -0.4 is 0 Å². The first-order valence-electron chi connectivity index (χ1n) is 8.18. The zero-order valence-corrected chi connectivity index (χ0v) is 12.8. The van der Waals surface area contributed by atoms with E-state index >= 15 is 0 Å². The van der Waals surface area contributed by atoms with E-state index in [1.165, 1.54) is 60.8 Å². The third-order valence-electron chi connectivity index (χ3n) is 4.73. The molecule has 2 aromatic carbocycles. The van der Waals surface area contributed by atoms with Crippen LogP contribution in [0.2, 0.25) is 0 Å². The van der Waals surface area contributed by atoms with Crippen LogP contribution in [0.25, 0.3) is 0 Å². The van der Waals surface area contributed by atoms with Crippen LogP contribution in [0.3, 0.4) is 0 Å². The van der Waals surface area contributed by atoms with E-state index < -0.39 is 0 Å². The van der Waals surface area contributed by atoms with Crippen molar-refractivity contribution < 1.29 is 0 Å². The fourth-order valence-corrected chi connectivity index (χ4v) is 3.54. The predicted molar refractivity (Wildman–Crippen MR) is 92.1 cm³/mol. The van der Waals surface area contributed by atoms with Crippen LogP contribution in [0.15, 0.2) is 46.6 Å². The van der Waals surface area contributed by atoms with Crippen LogP contribution in [-0.2, 0) is 25.7 Å². The first-order chi connectivity index (χ1) is 10.9. The summed E-state index contributed by atoms with van der Waals surface area (Å²) < 4.78 is 0. The number of rotatable bonds is 3. The normalized spacial score (nSPS) is 16.5. The maximum atomic E-state index is 4.20. The van der Waals surface area contributed by atoms with Gasteiger partial charge >= 0.3 is 0 Å². The molecule has 0 spiro atoms. The molecule has 0 fully saturated rings. The van der Waals surface area contributed by atoms with E-state index in [1.54, 1.807) is 0 Å². The maximum Gasteiger partial charge on any atom is 0.0568 e. The van der Waals surface area contributed by atoms with Gasteiger partial charge < -0.3 is 0 Å². The van der Waals surface area contributed by atoms with Crippen molar-refractivity contribution in [2.24, 2.45) is 10.2 Å². The lowest BCUT2D eigenvalue weighted by Crippen LogP contribution is -1.88. The summed E-state index contributed by atoms with van der Waals surface area (Å²) in [6.45, 7) is 0. The molecule has 0 atom stereocenters. The van der Waals surface area contributed by atoms with Crippen molar-refractivity contribution in [3.8, 4) is 0 Å². The Morgan fingerprint density at radius 3 is 1.55 bits per heavy atom. The highest BCUT2D eigenvalue weighted by molar-refractivity contribution is 5.83. The van der Waals surface area contributed by atoms with Gasteiger partial charge in [0, 0.05) is 0 Å². The standard InChI is InChI=1S/C20H20N2/c1-3-17-9-7-15(11-19(17)5-1)13-21-22-14-16-8-10-18-4-2-6-20(18)12-16/h7-14H,1-6H2. The SMILES string of the molecule is C(=NN=Cc1ccc2c(c1)CCC2)c1ccc2c(c1)CCC2. The quantitative estimate of drug-likeness (QED) is 0.599. The van der Waals surface area contributed by atoms with Gasteiger partial charge in [-0.15, -0.1) is 0 Å². The minimum absolute atomic E-state index is 1.15. The van der Waals surface area contributed by atoms with Crippen molar-refractivity contribution in [3.63, 3.8) is 0 Å². The van der Waals surface area contributed by atoms with Gasteiger partial charge in [-0.2, -0.15) is 10.2 Å². The Hall–Kier alpha value is -2.22. The van der Waals surface area contributed by atoms with E-state index in [9.17, 15) is 0 Å². The summed E-state index contributed by atoms with van der Waals surface area (Å²) in [5.74, 6) is 0. The minimum atomic E-state index is 1.15. The van der Waals surface area contributed by atoms with Crippen molar-refractivity contribution >= 4 is 12.4 Å². The smallest absolute Gasteiger partial charge is 0.0568 e. The Morgan fingerprint density at radius 1 is 0.591 bits per heavy atom. The lowest BCUT2D eigenvalue weighted by atomic mass is 10.1. The Bertz CT molecular complexity index is 691. The molecule has 0 unspecified atom stereocenters. The van der Waals surface area contributed by atoms with E-state index in [-0.39, 0.29) is 0 Å². The lowest BCUT2D eigenvalue weighted by Gasteiger charge is -2.00. The fraction of sp³-hybridized carbons (Fsp3) is 0.300. The molecule has 2 aromatic rings. The van der Waals surface area contributed by atoms with E-state index in [1.807, 2.05) is 12.4 Å². The van der Waals surface area contributed by atoms with Gasteiger partial charge in [-0.1, -0.05) is 24.3 Å². The number of benzene rings is 2. The second-order valence-corrected chi connectivity index (χ2v) is 6.25. The molecule has 2 heteroatoms. The zero-order valence-electron chi connectivity index (χ0n) is 12.8. The summed E-state index contributed by atoms with van der Waals surface area (Å²) in [5, 5.41) is 8.40. The van der Waals surface area contributed by atoms with E-state index in [0.29, 0.717) is 0 Å². The molecule has 2 aliphatic rings. The average Bonchev–Trinajstić information content (AvgIpc) is 3.19. The summed E-state index contributed by atoms with van der Waals surface area (Å²) >= 11 is 0. The molecule has 0 bridgehead atoms. The summed E-state index contributed by atoms with van der Waals surface area (Å²) in [4.78, 5) is 0. The molecule has 0 aliphatic heterocycles. The molecule has 0 heterocycles. The van der Waals surface area contributed by atoms with Crippen LogP contribution in [-0.4, -0.2) is 12.4 Å². The van der Waals surface area contributed by atoms with Crippen molar-refractivity contribution in [3.05, 3.63) is 69.8 Å². The highest BCUT2D eigenvalue weighted by Crippen LogP contribution is 2.23. The van der Waals surface area contributed by atoms with Crippen molar-refractivity contribution in [2.45, 2.75) is 38.5 Å². The molecule has 2 aliphatic carbocycles. The fourth-order valence-electron chi connectivity index (χ4n) is 3.54. The molecule has 22 heavy (non-hydrogen) atoms. The summed E-state index contributed by atoms with van der Waals surface area (Å²) in [6.07, 6.45) is 11.1. The summed E-state index contributed by atoms with van der Waals surface area (Å²) in [5.41, 5.74) is 8.24. The number of aryl methyl sites for hydroxylation is 4. The third kappa shape index (κ3) is 2.74. The molecule has 0 radical (unpaired) electrons. The van der Waals surface area contributed by atoms with Gasteiger partial charge in [0.15, 0.2) is 0 Å². The molecular formula is C20H20N2. The molecule has 2 nitrogen and oxygen atoms in total. The highest BCUT2D eigenvalue weighted by Gasteiger charge is 2.10. The van der Waals surface area contributed by atoms with E-state index in [0.717, 1.165) is 11.1 Å². The van der Waals surface area contributed by atoms with Gasteiger partial charge in [0.05, 0.1) is 12.4 Å². The lowest BCUT2D eigenvalue weighted by molar-refractivity contribution is 0.912. The van der Waals surface area contributed by atoms with Crippen molar-refractivity contribution in [1.82, 2.24) is 0 Å². The minimum Gasteiger partial charge on any atom is -0.159 e. The van der Waals surface area contributed by atoms with Crippen LogP contribution >= 0.6 is 0 Å². The predicted octanol–water partition coefficient (Wildman–Crippen LogP) is 4.12. The largest absolute Gasteiger partial charge is 0.159 e. The van der Waals surface area contributed by atoms with E-state index in [2.05, 4.69) is 46.6 Å². The molecule has 4 rings (SSSR count). The molecule has 0 amide bonds. The number of hydrogen-bond acceptors (Lipinski definition) is 2. The first-order valence-corrected chi connectivity index (χ1v) is 8.18. The monoisotopic (exact) mass is 288 g/mol. The average molecular weight is 288 g/mol. The van der Waals surface area contributed by atoms with Crippen molar-refractivity contribution in [1.29, 1.82) is 0 Å². The Balaban J connectivity index is 1.45. The van der Waals surface area contributed by atoms with Gasteiger partial charge in [0.2, 0.25) is 0 Å². The van der Waals surface area contributed by atoms with E-state index in [4.69, 9.17) is 0 Å². The van der Waals surface area contributed by atoms with Crippen LogP contribution in [0.1, 0.15) is 46.2 Å². The molecule has 0 saturated heterocycles. The number of hydrogen-bond donors (Lipinski definition) is 0. The van der Waals surface area contributed by atoms with Gasteiger partial charge in [-0.05, 0) is 84.0 Å². The number of nitrogens with zero attached hydrogens (tertiary/aromatic N) is 2. The van der Waals surface area contributed by atoms with Gasteiger partial charge in [-0.25, -0.2) is 0 Å². The second kappa shape index (κ2) is 5.88.